The van der Waals surface area contributed by atoms with Crippen LogP contribution in [-0.2, 0) is 20.9 Å². The first-order valence-electron chi connectivity index (χ1n) is 10.1. The maximum Gasteiger partial charge on any atom is 0.303 e. The lowest BCUT2D eigenvalue weighted by Crippen LogP contribution is -2.15. The number of hydrogen-bond donors (Lipinski definition) is 0. The van der Waals surface area contributed by atoms with Gasteiger partial charge >= 0.3 is 5.97 Å². The van der Waals surface area contributed by atoms with Gasteiger partial charge in [0.1, 0.15) is 12.4 Å². The molecule has 0 aliphatic carbocycles. The van der Waals surface area contributed by atoms with Gasteiger partial charge in [-0.25, -0.2) is 4.98 Å². The second-order valence-corrected chi connectivity index (χ2v) is 7.67. The molecule has 0 saturated carbocycles. The SMILES string of the molecule is COCOc1ccc(C(OC(C)=O)c2c(C)cc(OCc3ccccc3)cc2C)nc1Cl. The first-order chi connectivity index (χ1) is 15.4. The van der Waals surface area contributed by atoms with Crippen molar-refractivity contribution in [2.75, 3.05) is 13.9 Å². The minimum absolute atomic E-state index is 0.0524. The van der Waals surface area contributed by atoms with Gasteiger partial charge in [-0.3, -0.25) is 4.79 Å². The van der Waals surface area contributed by atoms with E-state index >= 15 is 0 Å². The van der Waals surface area contributed by atoms with E-state index < -0.39 is 12.1 Å². The van der Waals surface area contributed by atoms with Gasteiger partial charge in [0, 0.05) is 19.6 Å². The summed E-state index contributed by atoms with van der Waals surface area (Å²) in [6.07, 6.45) is -0.718. The molecule has 3 rings (SSSR count). The summed E-state index contributed by atoms with van der Waals surface area (Å²) in [5.74, 6) is 0.705. The number of aromatic nitrogens is 1. The summed E-state index contributed by atoms with van der Waals surface area (Å²) in [6, 6.07) is 17.2. The van der Waals surface area contributed by atoms with Gasteiger partial charge < -0.3 is 18.9 Å². The zero-order valence-electron chi connectivity index (χ0n) is 18.6. The monoisotopic (exact) mass is 455 g/mol. The van der Waals surface area contributed by atoms with Crippen molar-refractivity contribution >= 4 is 17.6 Å². The van der Waals surface area contributed by atoms with Crippen LogP contribution in [0.25, 0.3) is 0 Å². The van der Waals surface area contributed by atoms with E-state index in [1.54, 1.807) is 12.1 Å². The minimum atomic E-state index is -0.718. The number of esters is 1. The molecule has 6 nitrogen and oxygen atoms in total. The van der Waals surface area contributed by atoms with E-state index in [0.717, 1.165) is 28.0 Å². The maximum atomic E-state index is 11.9. The number of carbonyl (C=O) groups is 1. The fourth-order valence-electron chi connectivity index (χ4n) is 3.42. The highest BCUT2D eigenvalue weighted by atomic mass is 35.5. The van der Waals surface area contributed by atoms with Crippen LogP contribution >= 0.6 is 11.6 Å². The summed E-state index contributed by atoms with van der Waals surface area (Å²) in [5.41, 5.74) is 4.24. The average Bonchev–Trinajstić information content (AvgIpc) is 2.76. The number of pyridine rings is 1. The van der Waals surface area contributed by atoms with Gasteiger partial charge in [-0.1, -0.05) is 41.9 Å². The smallest absolute Gasteiger partial charge is 0.303 e. The fourth-order valence-corrected chi connectivity index (χ4v) is 3.63. The van der Waals surface area contributed by atoms with E-state index in [1.807, 2.05) is 56.3 Å². The molecule has 0 N–H and O–H groups in total. The molecule has 0 radical (unpaired) electrons. The van der Waals surface area contributed by atoms with E-state index in [1.165, 1.54) is 14.0 Å². The van der Waals surface area contributed by atoms with Gasteiger partial charge in [0.15, 0.2) is 23.8 Å². The van der Waals surface area contributed by atoms with Crippen molar-refractivity contribution in [3.05, 3.63) is 87.7 Å². The lowest BCUT2D eigenvalue weighted by atomic mass is 9.95. The molecule has 0 aliphatic heterocycles. The Kier molecular flexibility index (Phi) is 8.09. The zero-order chi connectivity index (χ0) is 23.1. The molecule has 1 heterocycles. The van der Waals surface area contributed by atoms with Gasteiger partial charge in [-0.05, 0) is 54.8 Å². The Balaban J connectivity index is 1.90. The second kappa shape index (κ2) is 11.0. The summed E-state index contributed by atoms with van der Waals surface area (Å²) in [5, 5.41) is 0.162. The van der Waals surface area contributed by atoms with Crippen LogP contribution in [0.2, 0.25) is 5.15 Å². The number of methoxy groups -OCH3 is 1. The Morgan fingerprint density at radius 2 is 1.72 bits per heavy atom. The molecule has 0 saturated heterocycles. The summed E-state index contributed by atoms with van der Waals surface area (Å²) in [7, 11) is 1.52. The summed E-state index contributed by atoms with van der Waals surface area (Å²) in [6.45, 7) is 5.79. The Morgan fingerprint density at radius 1 is 1.03 bits per heavy atom. The summed E-state index contributed by atoms with van der Waals surface area (Å²) in [4.78, 5) is 16.3. The number of hydrogen-bond acceptors (Lipinski definition) is 6. The standard InChI is InChI=1S/C25H26ClNO5/c1-16-12-20(30-14-19-8-6-5-7-9-19)13-17(2)23(16)24(32-18(3)28)21-10-11-22(25(26)27-21)31-15-29-4/h5-13,24H,14-15H2,1-4H3. The van der Waals surface area contributed by atoms with Crippen molar-refractivity contribution in [3.8, 4) is 11.5 Å². The van der Waals surface area contributed by atoms with Crippen molar-refractivity contribution in [2.24, 2.45) is 0 Å². The molecule has 1 atom stereocenters. The van der Waals surface area contributed by atoms with Crippen molar-refractivity contribution < 1.29 is 23.7 Å². The van der Waals surface area contributed by atoms with Gasteiger partial charge in [0.05, 0.1) is 5.69 Å². The molecule has 1 aromatic heterocycles. The molecule has 0 amide bonds. The molecule has 0 bridgehead atoms. The van der Waals surface area contributed by atoms with Gasteiger partial charge in [-0.15, -0.1) is 0 Å². The number of ether oxygens (including phenoxy) is 4. The Bertz CT molecular complexity index is 1050. The van der Waals surface area contributed by atoms with Gasteiger partial charge in [-0.2, -0.15) is 0 Å². The maximum absolute atomic E-state index is 11.9. The zero-order valence-corrected chi connectivity index (χ0v) is 19.3. The van der Waals surface area contributed by atoms with Crippen molar-refractivity contribution in [3.63, 3.8) is 0 Å². The first-order valence-corrected chi connectivity index (χ1v) is 10.5. The molecule has 32 heavy (non-hydrogen) atoms. The lowest BCUT2D eigenvalue weighted by molar-refractivity contribution is -0.144. The summed E-state index contributed by atoms with van der Waals surface area (Å²) >= 11 is 6.29. The molecule has 0 spiro atoms. The predicted molar refractivity (Wildman–Crippen MR) is 122 cm³/mol. The predicted octanol–water partition coefficient (Wildman–Crippen LogP) is 5.57. The fraction of sp³-hybridized carbons (Fsp3) is 0.280. The molecule has 168 valence electrons. The number of rotatable bonds is 9. The highest BCUT2D eigenvalue weighted by molar-refractivity contribution is 6.30. The molecular weight excluding hydrogens is 430 g/mol. The van der Waals surface area contributed by atoms with Crippen LogP contribution < -0.4 is 9.47 Å². The quantitative estimate of drug-likeness (QED) is 0.239. The van der Waals surface area contributed by atoms with Gasteiger partial charge in [0.2, 0.25) is 0 Å². The normalized spacial score (nSPS) is 11.7. The van der Waals surface area contributed by atoms with Crippen LogP contribution in [0.15, 0.2) is 54.6 Å². The molecule has 7 heteroatoms. The van der Waals surface area contributed by atoms with Gasteiger partial charge in [0.25, 0.3) is 0 Å². The van der Waals surface area contributed by atoms with Crippen molar-refractivity contribution in [1.82, 2.24) is 4.98 Å². The minimum Gasteiger partial charge on any atom is -0.489 e. The van der Waals surface area contributed by atoms with E-state index in [-0.39, 0.29) is 11.9 Å². The van der Waals surface area contributed by atoms with Crippen molar-refractivity contribution in [2.45, 2.75) is 33.5 Å². The molecule has 0 aliphatic rings. The number of halogens is 1. The van der Waals surface area contributed by atoms with Crippen LogP contribution in [0, 0.1) is 13.8 Å². The van der Waals surface area contributed by atoms with Crippen molar-refractivity contribution in [1.29, 1.82) is 0 Å². The lowest BCUT2D eigenvalue weighted by Gasteiger charge is -2.22. The third kappa shape index (κ3) is 5.99. The Morgan fingerprint density at radius 3 is 2.31 bits per heavy atom. The molecule has 2 aromatic carbocycles. The average molecular weight is 456 g/mol. The third-order valence-corrected chi connectivity index (χ3v) is 5.07. The number of aryl methyl sites for hydroxylation is 2. The third-order valence-electron chi connectivity index (χ3n) is 4.80. The topological polar surface area (TPSA) is 66.9 Å². The Labute approximate surface area is 193 Å². The van der Waals surface area contributed by atoms with Crippen LogP contribution in [0.1, 0.15) is 41.0 Å². The highest BCUT2D eigenvalue weighted by Crippen LogP contribution is 2.35. The summed E-state index contributed by atoms with van der Waals surface area (Å²) < 4.78 is 21.9. The second-order valence-electron chi connectivity index (χ2n) is 7.31. The number of benzene rings is 2. The Hall–Kier alpha value is -3.09. The van der Waals surface area contributed by atoms with E-state index in [4.69, 9.17) is 30.5 Å². The molecule has 0 fully saturated rings. The molecular formula is C25H26ClNO5. The van der Waals surface area contributed by atoms with Crippen LogP contribution in [-0.4, -0.2) is 24.9 Å². The molecule has 3 aromatic rings. The van der Waals surface area contributed by atoms with Crippen LogP contribution in [0.5, 0.6) is 11.5 Å². The first kappa shape index (κ1) is 23.6. The largest absolute Gasteiger partial charge is 0.489 e. The molecule has 1 unspecified atom stereocenters. The van der Waals surface area contributed by atoms with E-state index in [9.17, 15) is 4.79 Å². The van der Waals surface area contributed by atoms with E-state index in [0.29, 0.717) is 18.1 Å². The number of nitrogens with zero attached hydrogens (tertiary/aromatic N) is 1. The van der Waals surface area contributed by atoms with Crippen LogP contribution in [0.3, 0.4) is 0 Å². The van der Waals surface area contributed by atoms with Crippen LogP contribution in [0.4, 0.5) is 0 Å². The number of carbonyl (C=O) groups excluding carboxylic acids is 1. The van der Waals surface area contributed by atoms with E-state index in [2.05, 4.69) is 4.98 Å². The highest BCUT2D eigenvalue weighted by Gasteiger charge is 2.24.